The van der Waals surface area contributed by atoms with E-state index in [9.17, 15) is 8.42 Å². The van der Waals surface area contributed by atoms with Gasteiger partial charge in [0.25, 0.3) is 0 Å². The second-order valence-corrected chi connectivity index (χ2v) is 6.87. The second-order valence-electron chi connectivity index (χ2n) is 4.61. The van der Waals surface area contributed by atoms with Gasteiger partial charge in [0, 0.05) is 18.1 Å². The summed E-state index contributed by atoms with van der Waals surface area (Å²) in [6.45, 7) is 1.97. The minimum atomic E-state index is -2.90. The van der Waals surface area contributed by atoms with Crippen LogP contribution in [0.2, 0.25) is 0 Å². The molecule has 0 aliphatic carbocycles. The lowest BCUT2D eigenvalue weighted by molar-refractivity contribution is 0.410. The lowest BCUT2D eigenvalue weighted by Gasteiger charge is -2.14. The molecule has 0 spiro atoms. The average Bonchev–Trinajstić information content (AvgIpc) is 2.27. The van der Waals surface area contributed by atoms with Gasteiger partial charge in [-0.3, -0.25) is 0 Å². The Labute approximate surface area is 109 Å². The molecule has 1 aromatic rings. The number of ether oxygens (including phenoxy) is 1. The molecular formula is C13H21NO3S. The third-order valence-corrected chi connectivity index (χ3v) is 3.92. The van der Waals surface area contributed by atoms with Crippen LogP contribution in [0.4, 0.5) is 0 Å². The predicted octanol–water partition coefficient (Wildman–Crippen LogP) is 1.83. The highest BCUT2D eigenvalue weighted by molar-refractivity contribution is 7.90. The van der Waals surface area contributed by atoms with E-state index >= 15 is 0 Å². The van der Waals surface area contributed by atoms with Crippen molar-refractivity contribution >= 4 is 9.84 Å². The first-order valence-electron chi connectivity index (χ1n) is 5.91. The topological polar surface area (TPSA) is 69.4 Å². The highest BCUT2D eigenvalue weighted by atomic mass is 32.2. The van der Waals surface area contributed by atoms with Gasteiger partial charge in [-0.15, -0.1) is 0 Å². The Morgan fingerprint density at radius 3 is 2.61 bits per heavy atom. The van der Waals surface area contributed by atoms with Gasteiger partial charge in [-0.25, -0.2) is 8.42 Å². The summed E-state index contributed by atoms with van der Waals surface area (Å²) in [5.41, 5.74) is 8.09. The minimum Gasteiger partial charge on any atom is -0.496 e. The molecule has 1 atom stereocenters. The maximum absolute atomic E-state index is 11.0. The van der Waals surface area contributed by atoms with E-state index < -0.39 is 9.84 Å². The van der Waals surface area contributed by atoms with Gasteiger partial charge in [0.05, 0.1) is 7.11 Å². The summed E-state index contributed by atoms with van der Waals surface area (Å²) in [5.74, 6) is 0.995. The van der Waals surface area contributed by atoms with Crippen LogP contribution in [0.15, 0.2) is 18.2 Å². The van der Waals surface area contributed by atoms with Crippen molar-refractivity contribution in [3.05, 3.63) is 29.3 Å². The van der Waals surface area contributed by atoms with E-state index in [1.165, 1.54) is 6.26 Å². The number of aryl methyl sites for hydroxylation is 1. The summed E-state index contributed by atoms with van der Waals surface area (Å²) >= 11 is 0. The van der Waals surface area contributed by atoms with E-state index in [0.29, 0.717) is 12.8 Å². The van der Waals surface area contributed by atoms with Crippen molar-refractivity contribution in [3.63, 3.8) is 0 Å². The van der Waals surface area contributed by atoms with Gasteiger partial charge in [0.15, 0.2) is 0 Å². The van der Waals surface area contributed by atoms with Gasteiger partial charge in [0.2, 0.25) is 0 Å². The summed E-state index contributed by atoms with van der Waals surface area (Å²) in [5, 5.41) is 0. The van der Waals surface area contributed by atoms with Gasteiger partial charge in [-0.2, -0.15) is 0 Å². The predicted molar refractivity (Wildman–Crippen MR) is 73.6 cm³/mol. The Kier molecular flexibility index (Phi) is 5.16. The number of hydrogen-bond acceptors (Lipinski definition) is 4. The van der Waals surface area contributed by atoms with Crippen LogP contribution >= 0.6 is 0 Å². The highest BCUT2D eigenvalue weighted by Crippen LogP contribution is 2.24. The number of benzene rings is 1. The van der Waals surface area contributed by atoms with Crippen molar-refractivity contribution in [2.75, 3.05) is 19.1 Å². The first-order chi connectivity index (χ1) is 8.33. The summed E-state index contributed by atoms with van der Waals surface area (Å²) in [6, 6.07) is 5.69. The number of sulfone groups is 1. The van der Waals surface area contributed by atoms with Crippen LogP contribution in [0.25, 0.3) is 0 Å². The van der Waals surface area contributed by atoms with E-state index in [1.807, 2.05) is 25.1 Å². The van der Waals surface area contributed by atoms with Gasteiger partial charge in [-0.1, -0.05) is 12.1 Å². The lowest BCUT2D eigenvalue weighted by Crippen LogP contribution is -2.13. The van der Waals surface area contributed by atoms with Crippen molar-refractivity contribution in [1.82, 2.24) is 0 Å². The molecule has 18 heavy (non-hydrogen) atoms. The molecule has 0 saturated carbocycles. The van der Waals surface area contributed by atoms with Gasteiger partial charge >= 0.3 is 0 Å². The quantitative estimate of drug-likeness (QED) is 0.857. The molecule has 1 unspecified atom stereocenters. The molecule has 5 heteroatoms. The molecule has 0 radical (unpaired) electrons. The Hall–Kier alpha value is -1.07. The molecule has 0 aliphatic rings. The van der Waals surface area contributed by atoms with Crippen LogP contribution in [0.3, 0.4) is 0 Å². The Morgan fingerprint density at radius 2 is 2.06 bits per heavy atom. The van der Waals surface area contributed by atoms with E-state index in [4.69, 9.17) is 10.5 Å². The van der Waals surface area contributed by atoms with Gasteiger partial charge < -0.3 is 10.5 Å². The van der Waals surface area contributed by atoms with Gasteiger partial charge in [-0.05, 0) is 37.0 Å². The van der Waals surface area contributed by atoms with Crippen LogP contribution in [-0.2, 0) is 9.84 Å². The van der Waals surface area contributed by atoms with Crippen LogP contribution in [0.1, 0.15) is 30.0 Å². The SMILES string of the molecule is COc1cc(C(N)CCCS(C)(=O)=O)ccc1C. The highest BCUT2D eigenvalue weighted by Gasteiger charge is 2.10. The van der Waals surface area contributed by atoms with Crippen LogP contribution < -0.4 is 10.5 Å². The van der Waals surface area contributed by atoms with Crippen LogP contribution in [0, 0.1) is 6.92 Å². The first-order valence-corrected chi connectivity index (χ1v) is 7.97. The van der Waals surface area contributed by atoms with Crippen molar-refractivity contribution < 1.29 is 13.2 Å². The maximum atomic E-state index is 11.0. The molecule has 1 aromatic carbocycles. The Balaban J connectivity index is 2.64. The average molecular weight is 271 g/mol. The number of methoxy groups -OCH3 is 1. The smallest absolute Gasteiger partial charge is 0.147 e. The molecule has 102 valence electrons. The van der Waals surface area contributed by atoms with Crippen LogP contribution in [-0.4, -0.2) is 27.5 Å². The lowest BCUT2D eigenvalue weighted by atomic mass is 10.0. The van der Waals surface area contributed by atoms with E-state index in [-0.39, 0.29) is 11.8 Å². The molecule has 0 amide bonds. The fraction of sp³-hybridized carbons (Fsp3) is 0.538. The summed E-state index contributed by atoms with van der Waals surface area (Å²) in [6.07, 6.45) is 2.48. The standard InChI is InChI=1S/C13H21NO3S/c1-10-6-7-11(9-13(10)17-2)12(14)5-4-8-18(3,15)16/h6-7,9,12H,4-5,8,14H2,1-3H3. The van der Waals surface area contributed by atoms with E-state index in [2.05, 4.69) is 0 Å². The summed E-state index contributed by atoms with van der Waals surface area (Å²) in [7, 11) is -1.28. The Morgan fingerprint density at radius 1 is 1.39 bits per heavy atom. The zero-order chi connectivity index (χ0) is 13.8. The van der Waals surface area contributed by atoms with Crippen LogP contribution in [0.5, 0.6) is 5.75 Å². The molecule has 0 aromatic heterocycles. The largest absolute Gasteiger partial charge is 0.496 e. The third kappa shape index (κ3) is 4.66. The third-order valence-electron chi connectivity index (χ3n) is 2.89. The molecule has 0 saturated heterocycles. The second kappa shape index (κ2) is 6.20. The van der Waals surface area contributed by atoms with Gasteiger partial charge in [0.1, 0.15) is 15.6 Å². The molecule has 0 fully saturated rings. The molecule has 1 rings (SSSR count). The zero-order valence-electron chi connectivity index (χ0n) is 11.1. The van der Waals surface area contributed by atoms with E-state index in [0.717, 1.165) is 16.9 Å². The van der Waals surface area contributed by atoms with E-state index in [1.54, 1.807) is 7.11 Å². The summed E-state index contributed by atoms with van der Waals surface area (Å²) < 4.78 is 27.3. The number of rotatable bonds is 6. The monoisotopic (exact) mass is 271 g/mol. The molecular weight excluding hydrogens is 250 g/mol. The fourth-order valence-corrected chi connectivity index (χ4v) is 2.49. The van der Waals surface area contributed by atoms with Crippen molar-refractivity contribution in [3.8, 4) is 5.75 Å². The maximum Gasteiger partial charge on any atom is 0.147 e. The molecule has 0 heterocycles. The fourth-order valence-electron chi connectivity index (χ4n) is 1.80. The summed E-state index contributed by atoms with van der Waals surface area (Å²) in [4.78, 5) is 0. The van der Waals surface area contributed by atoms with Crippen molar-refractivity contribution in [2.45, 2.75) is 25.8 Å². The number of hydrogen-bond donors (Lipinski definition) is 1. The number of nitrogens with two attached hydrogens (primary N) is 1. The van der Waals surface area contributed by atoms with Crippen molar-refractivity contribution in [2.24, 2.45) is 5.73 Å². The van der Waals surface area contributed by atoms with Crippen molar-refractivity contribution in [1.29, 1.82) is 0 Å². The minimum absolute atomic E-state index is 0.152. The molecule has 0 bridgehead atoms. The zero-order valence-corrected chi connectivity index (χ0v) is 12.0. The molecule has 0 aliphatic heterocycles. The molecule has 4 nitrogen and oxygen atoms in total. The normalized spacial score (nSPS) is 13.3. The first kappa shape index (κ1) is 15.0. The Bertz CT molecular complexity index is 497. The molecule has 2 N–H and O–H groups in total.